The lowest BCUT2D eigenvalue weighted by molar-refractivity contribution is -0.131. The average Bonchev–Trinajstić information content (AvgIpc) is 3.16. The highest BCUT2D eigenvalue weighted by Crippen LogP contribution is 2.49. The average molecular weight is 316 g/mol. The number of fused-ring (bicyclic) bond motifs is 5. The number of rotatable bonds is 1. The Kier molecular flexibility index (Phi) is 2.73. The van der Waals surface area contributed by atoms with Gasteiger partial charge in [0.2, 0.25) is 5.91 Å². The number of benzene rings is 2. The molecular weight excluding hydrogens is 296 g/mol. The van der Waals surface area contributed by atoms with E-state index in [2.05, 4.69) is 59.3 Å². The number of hydrogen-bond acceptors (Lipinski definition) is 1. The summed E-state index contributed by atoms with van der Waals surface area (Å²) in [6, 6.07) is 17.0. The summed E-state index contributed by atoms with van der Waals surface area (Å²) in [6.45, 7) is 2.96. The van der Waals surface area contributed by atoms with Crippen molar-refractivity contribution in [3.63, 3.8) is 0 Å². The minimum absolute atomic E-state index is 0.278. The summed E-state index contributed by atoms with van der Waals surface area (Å²) in [5.41, 5.74) is 6.01. The topological polar surface area (TPSA) is 36.1 Å². The molecule has 0 bridgehead atoms. The van der Waals surface area contributed by atoms with Crippen LogP contribution < -0.4 is 0 Å². The molecule has 1 saturated heterocycles. The highest BCUT2D eigenvalue weighted by atomic mass is 16.2. The smallest absolute Gasteiger partial charge is 0.223 e. The first-order valence-corrected chi connectivity index (χ1v) is 8.68. The number of amides is 1. The van der Waals surface area contributed by atoms with Crippen LogP contribution in [0.25, 0.3) is 10.9 Å². The fraction of sp³-hybridized carbons (Fsp3) is 0.286. The van der Waals surface area contributed by atoms with Crippen molar-refractivity contribution >= 4 is 16.8 Å². The zero-order chi connectivity index (χ0) is 16.3. The fourth-order valence-corrected chi connectivity index (χ4v) is 4.76. The highest BCUT2D eigenvalue weighted by Gasteiger charge is 2.52. The number of aryl methyl sites for hydroxylation is 1. The second-order valence-electron chi connectivity index (χ2n) is 7.00. The maximum Gasteiger partial charge on any atom is 0.223 e. The molecule has 24 heavy (non-hydrogen) atoms. The van der Waals surface area contributed by atoms with E-state index in [9.17, 15) is 4.79 Å². The van der Waals surface area contributed by atoms with Gasteiger partial charge in [0.1, 0.15) is 5.54 Å². The summed E-state index contributed by atoms with van der Waals surface area (Å²) < 4.78 is 0. The van der Waals surface area contributed by atoms with Gasteiger partial charge in [-0.25, -0.2) is 0 Å². The molecule has 120 valence electrons. The predicted octanol–water partition coefficient (Wildman–Crippen LogP) is 3.90. The Balaban J connectivity index is 1.86. The maximum absolute atomic E-state index is 12.6. The van der Waals surface area contributed by atoms with Crippen molar-refractivity contribution in [3.8, 4) is 0 Å². The van der Waals surface area contributed by atoms with E-state index in [4.69, 9.17) is 0 Å². The van der Waals surface area contributed by atoms with Crippen molar-refractivity contribution in [1.29, 1.82) is 0 Å². The molecule has 1 atom stereocenters. The number of aromatic amines is 1. The summed E-state index contributed by atoms with van der Waals surface area (Å²) >= 11 is 0. The molecule has 2 aliphatic rings. The first-order chi connectivity index (χ1) is 11.7. The Hall–Kier alpha value is -2.55. The number of nitrogens with one attached hydrogen (secondary N) is 1. The van der Waals surface area contributed by atoms with Crippen LogP contribution in [0.5, 0.6) is 0 Å². The normalized spacial score (nSPS) is 22.7. The van der Waals surface area contributed by atoms with Crippen LogP contribution in [0, 0.1) is 6.92 Å². The molecule has 0 aliphatic carbocycles. The molecule has 5 rings (SSSR count). The fourth-order valence-electron chi connectivity index (χ4n) is 4.76. The third kappa shape index (κ3) is 1.59. The van der Waals surface area contributed by atoms with Crippen molar-refractivity contribution in [2.24, 2.45) is 0 Å². The van der Waals surface area contributed by atoms with Crippen molar-refractivity contribution < 1.29 is 4.79 Å². The lowest BCUT2D eigenvalue weighted by Gasteiger charge is -2.42. The third-order valence-electron chi connectivity index (χ3n) is 5.86. The van der Waals surface area contributed by atoms with Crippen molar-refractivity contribution in [2.75, 3.05) is 6.54 Å². The minimum atomic E-state index is -0.322. The summed E-state index contributed by atoms with van der Waals surface area (Å²) in [4.78, 5) is 18.4. The molecule has 0 radical (unpaired) electrons. The number of aromatic nitrogens is 1. The standard InChI is InChI=1S/C21H20N2O/c1-14-6-5-9-16-17-11-13-23-18(24)10-12-21(23,20(17)22-19(14)16)15-7-3-2-4-8-15/h2-9,22H,10-13H2,1H3/t21-/m0/s1. The van der Waals surface area contributed by atoms with E-state index < -0.39 is 0 Å². The van der Waals surface area contributed by atoms with Crippen molar-refractivity contribution in [2.45, 2.75) is 31.7 Å². The van der Waals surface area contributed by atoms with Crippen LogP contribution in [0.2, 0.25) is 0 Å². The van der Waals surface area contributed by atoms with E-state index in [0.29, 0.717) is 6.42 Å². The molecule has 0 unspecified atom stereocenters. The largest absolute Gasteiger partial charge is 0.356 e. The maximum atomic E-state index is 12.6. The van der Waals surface area contributed by atoms with E-state index in [1.807, 2.05) is 6.07 Å². The van der Waals surface area contributed by atoms with Crippen molar-refractivity contribution in [3.05, 3.63) is 70.9 Å². The van der Waals surface area contributed by atoms with Gasteiger partial charge in [0.15, 0.2) is 0 Å². The number of para-hydroxylation sites is 1. The van der Waals surface area contributed by atoms with E-state index in [0.717, 1.165) is 19.4 Å². The number of carbonyl (C=O) groups excluding carboxylic acids is 1. The van der Waals surface area contributed by atoms with Crippen LogP contribution in [0.1, 0.15) is 35.2 Å². The second-order valence-corrected chi connectivity index (χ2v) is 7.00. The zero-order valence-electron chi connectivity index (χ0n) is 13.8. The zero-order valence-corrected chi connectivity index (χ0v) is 13.8. The van der Waals surface area contributed by atoms with Crippen LogP contribution >= 0.6 is 0 Å². The monoisotopic (exact) mass is 316 g/mol. The lowest BCUT2D eigenvalue weighted by atomic mass is 9.79. The van der Waals surface area contributed by atoms with E-state index in [1.165, 1.54) is 33.3 Å². The Morgan fingerprint density at radius 2 is 1.88 bits per heavy atom. The summed E-state index contributed by atoms with van der Waals surface area (Å²) in [7, 11) is 0. The van der Waals surface area contributed by atoms with Gasteiger partial charge in [0, 0.05) is 23.9 Å². The first kappa shape index (κ1) is 13.8. The Labute approximate surface area is 141 Å². The second kappa shape index (κ2) is 4.73. The van der Waals surface area contributed by atoms with E-state index in [1.54, 1.807) is 0 Å². The molecule has 3 heteroatoms. The van der Waals surface area contributed by atoms with Gasteiger partial charge in [-0.2, -0.15) is 0 Å². The molecule has 3 nitrogen and oxygen atoms in total. The van der Waals surface area contributed by atoms with E-state index in [-0.39, 0.29) is 11.4 Å². The van der Waals surface area contributed by atoms with Gasteiger partial charge in [-0.1, -0.05) is 48.5 Å². The Bertz CT molecular complexity index is 957. The molecule has 2 aromatic carbocycles. The first-order valence-electron chi connectivity index (χ1n) is 8.68. The Morgan fingerprint density at radius 3 is 2.71 bits per heavy atom. The van der Waals surface area contributed by atoms with Gasteiger partial charge in [0.25, 0.3) is 0 Å². The van der Waals surface area contributed by atoms with Gasteiger partial charge in [-0.3, -0.25) is 4.79 Å². The number of carbonyl (C=O) groups is 1. The minimum Gasteiger partial charge on any atom is -0.356 e. The van der Waals surface area contributed by atoms with Gasteiger partial charge >= 0.3 is 0 Å². The quantitative estimate of drug-likeness (QED) is 0.726. The molecular formula is C21H20N2O. The third-order valence-corrected chi connectivity index (χ3v) is 5.86. The SMILES string of the molecule is Cc1cccc2c3c([nH]c12)[C@@]1(c2ccccc2)CCC(=O)N1CC3. The molecule has 0 spiro atoms. The van der Waals surface area contributed by atoms with Crippen LogP contribution in [-0.2, 0) is 16.8 Å². The van der Waals surface area contributed by atoms with E-state index >= 15 is 0 Å². The Morgan fingerprint density at radius 1 is 1.04 bits per heavy atom. The van der Waals surface area contributed by atoms with Gasteiger partial charge in [-0.05, 0) is 36.5 Å². The van der Waals surface area contributed by atoms with Crippen LogP contribution in [0.4, 0.5) is 0 Å². The molecule has 1 N–H and O–H groups in total. The van der Waals surface area contributed by atoms with Gasteiger partial charge in [-0.15, -0.1) is 0 Å². The number of H-pyrrole nitrogens is 1. The lowest BCUT2D eigenvalue weighted by Crippen LogP contribution is -2.48. The molecule has 3 heterocycles. The summed E-state index contributed by atoms with van der Waals surface area (Å²) in [5.74, 6) is 0.278. The van der Waals surface area contributed by atoms with Crippen molar-refractivity contribution in [1.82, 2.24) is 9.88 Å². The molecule has 1 aromatic heterocycles. The number of nitrogens with zero attached hydrogens (tertiary/aromatic N) is 1. The van der Waals surface area contributed by atoms with Crippen LogP contribution in [0.3, 0.4) is 0 Å². The molecule has 0 saturated carbocycles. The highest BCUT2D eigenvalue weighted by molar-refractivity contribution is 5.90. The molecule has 1 fully saturated rings. The summed E-state index contributed by atoms with van der Waals surface area (Å²) in [5, 5.41) is 1.32. The van der Waals surface area contributed by atoms with Crippen LogP contribution in [0.15, 0.2) is 48.5 Å². The van der Waals surface area contributed by atoms with Crippen LogP contribution in [-0.4, -0.2) is 22.3 Å². The van der Waals surface area contributed by atoms with Gasteiger partial charge < -0.3 is 9.88 Å². The molecule has 1 amide bonds. The summed E-state index contributed by atoms with van der Waals surface area (Å²) in [6.07, 6.45) is 2.41. The van der Waals surface area contributed by atoms with Gasteiger partial charge in [0.05, 0.1) is 5.69 Å². The predicted molar refractivity (Wildman–Crippen MR) is 94.9 cm³/mol. The molecule has 3 aromatic rings. The molecule has 2 aliphatic heterocycles. The number of hydrogen-bond donors (Lipinski definition) is 1.